The number of hydrogen-bond donors (Lipinski definition) is 1. The molecule has 78 valence electrons. The largest absolute Gasteiger partial charge is 0.342 e. The maximum atomic E-state index is 4.51. The summed E-state index contributed by atoms with van der Waals surface area (Å²) in [4.78, 5) is 12.1. The zero-order valence-electron chi connectivity index (χ0n) is 8.72. The van der Waals surface area contributed by atoms with Crippen LogP contribution in [0.1, 0.15) is 11.5 Å². The number of aromatic amines is 1. The summed E-state index contributed by atoms with van der Waals surface area (Å²) in [6.07, 6.45) is 2.55. The number of benzene rings is 1. The minimum absolute atomic E-state index is 0.746. The Bertz CT molecular complexity index is 566. The molecule has 0 aliphatic heterocycles. The van der Waals surface area contributed by atoms with E-state index in [2.05, 4.69) is 15.0 Å². The molecule has 0 saturated heterocycles. The average Bonchev–Trinajstić information content (AvgIpc) is 2.72. The van der Waals surface area contributed by atoms with Gasteiger partial charge in [0, 0.05) is 18.3 Å². The number of rotatable bonds is 2. The topological polar surface area (TPSA) is 41.6 Å². The highest BCUT2D eigenvalue weighted by atomic mass is 14.9. The van der Waals surface area contributed by atoms with Crippen LogP contribution in [0.25, 0.3) is 11.0 Å². The molecule has 3 heteroatoms. The molecule has 0 amide bonds. The van der Waals surface area contributed by atoms with Gasteiger partial charge in [-0.25, -0.2) is 4.98 Å². The number of nitrogens with zero attached hydrogens (tertiary/aromatic N) is 2. The highest BCUT2D eigenvalue weighted by molar-refractivity contribution is 5.74. The summed E-state index contributed by atoms with van der Waals surface area (Å²) in [5, 5.41) is 0. The Morgan fingerprint density at radius 2 is 1.88 bits per heavy atom. The number of para-hydroxylation sites is 2. The first-order chi connectivity index (χ1) is 7.92. The lowest BCUT2D eigenvalue weighted by atomic mass is 10.3. The van der Waals surface area contributed by atoms with E-state index in [0.717, 1.165) is 29.0 Å². The maximum absolute atomic E-state index is 4.51. The van der Waals surface area contributed by atoms with Gasteiger partial charge >= 0.3 is 0 Å². The predicted octanol–water partition coefficient (Wildman–Crippen LogP) is 2.55. The number of pyridine rings is 1. The average molecular weight is 209 g/mol. The quantitative estimate of drug-likeness (QED) is 0.704. The van der Waals surface area contributed by atoms with E-state index in [0.29, 0.717) is 0 Å². The molecule has 0 saturated carbocycles. The lowest BCUT2D eigenvalue weighted by Gasteiger charge is -1.95. The third-order valence-corrected chi connectivity index (χ3v) is 2.51. The molecule has 3 nitrogen and oxygen atoms in total. The van der Waals surface area contributed by atoms with Crippen LogP contribution in [-0.4, -0.2) is 15.0 Å². The predicted molar refractivity (Wildman–Crippen MR) is 63.1 cm³/mol. The van der Waals surface area contributed by atoms with Crippen molar-refractivity contribution in [2.24, 2.45) is 0 Å². The Morgan fingerprint density at radius 3 is 2.69 bits per heavy atom. The van der Waals surface area contributed by atoms with Gasteiger partial charge in [0.25, 0.3) is 0 Å². The number of fused-ring (bicyclic) bond motifs is 1. The minimum Gasteiger partial charge on any atom is -0.342 e. The molecule has 0 radical (unpaired) electrons. The summed E-state index contributed by atoms with van der Waals surface area (Å²) in [5.74, 6) is 0.958. The molecule has 0 aliphatic rings. The van der Waals surface area contributed by atoms with E-state index in [1.807, 2.05) is 42.5 Å². The van der Waals surface area contributed by atoms with Crippen molar-refractivity contribution in [1.82, 2.24) is 15.0 Å². The van der Waals surface area contributed by atoms with E-state index < -0.39 is 0 Å². The molecule has 0 bridgehead atoms. The van der Waals surface area contributed by atoms with Crippen molar-refractivity contribution in [2.75, 3.05) is 0 Å². The van der Waals surface area contributed by atoms with Crippen LogP contribution >= 0.6 is 0 Å². The lowest BCUT2D eigenvalue weighted by molar-refractivity contribution is 0.985. The summed E-state index contributed by atoms with van der Waals surface area (Å²) in [6, 6.07) is 14.0. The Balaban J connectivity index is 1.95. The molecule has 0 aliphatic carbocycles. The summed E-state index contributed by atoms with van der Waals surface area (Å²) in [6.45, 7) is 0. The SMILES string of the molecule is c1ccc(Cc2nc3ccccc3[nH]2)nc1. The third-order valence-electron chi connectivity index (χ3n) is 2.51. The van der Waals surface area contributed by atoms with Gasteiger partial charge in [0.1, 0.15) is 5.82 Å². The molecule has 0 fully saturated rings. The maximum Gasteiger partial charge on any atom is 0.113 e. The zero-order valence-corrected chi connectivity index (χ0v) is 8.72. The van der Waals surface area contributed by atoms with Crippen LogP contribution in [0.2, 0.25) is 0 Å². The van der Waals surface area contributed by atoms with Crippen molar-refractivity contribution < 1.29 is 0 Å². The number of aromatic nitrogens is 3. The van der Waals surface area contributed by atoms with E-state index in [4.69, 9.17) is 0 Å². The Morgan fingerprint density at radius 1 is 1.00 bits per heavy atom. The molecule has 3 rings (SSSR count). The molecule has 1 aromatic carbocycles. The molecule has 1 N–H and O–H groups in total. The van der Waals surface area contributed by atoms with E-state index in [-0.39, 0.29) is 0 Å². The van der Waals surface area contributed by atoms with Gasteiger partial charge in [0.05, 0.1) is 11.0 Å². The first-order valence-electron chi connectivity index (χ1n) is 5.25. The Labute approximate surface area is 93.2 Å². The van der Waals surface area contributed by atoms with Crippen LogP contribution in [0.15, 0.2) is 48.7 Å². The van der Waals surface area contributed by atoms with Crippen LogP contribution in [0.5, 0.6) is 0 Å². The van der Waals surface area contributed by atoms with E-state index in [1.165, 1.54) is 0 Å². The summed E-state index contributed by atoms with van der Waals surface area (Å²) in [7, 11) is 0. The van der Waals surface area contributed by atoms with Crippen LogP contribution in [0.3, 0.4) is 0 Å². The third kappa shape index (κ3) is 1.67. The molecular formula is C13H11N3. The van der Waals surface area contributed by atoms with Crippen LogP contribution < -0.4 is 0 Å². The van der Waals surface area contributed by atoms with Crippen molar-refractivity contribution in [3.63, 3.8) is 0 Å². The van der Waals surface area contributed by atoms with Gasteiger partial charge in [0.2, 0.25) is 0 Å². The van der Waals surface area contributed by atoms with E-state index in [9.17, 15) is 0 Å². The van der Waals surface area contributed by atoms with Crippen molar-refractivity contribution >= 4 is 11.0 Å². The fraction of sp³-hybridized carbons (Fsp3) is 0.0769. The standard InChI is InChI=1S/C13H11N3/c1-2-7-12-11(6-1)15-13(16-12)9-10-5-3-4-8-14-10/h1-8H,9H2,(H,15,16). The molecule has 2 aromatic heterocycles. The fourth-order valence-electron chi connectivity index (χ4n) is 1.76. The van der Waals surface area contributed by atoms with Gasteiger partial charge in [-0.2, -0.15) is 0 Å². The molecule has 0 atom stereocenters. The van der Waals surface area contributed by atoms with Crippen molar-refractivity contribution in [2.45, 2.75) is 6.42 Å². The summed E-state index contributed by atoms with van der Waals surface area (Å²) in [5.41, 5.74) is 3.11. The second-order valence-corrected chi connectivity index (χ2v) is 3.70. The second kappa shape index (κ2) is 3.77. The van der Waals surface area contributed by atoms with Gasteiger partial charge < -0.3 is 4.98 Å². The van der Waals surface area contributed by atoms with E-state index >= 15 is 0 Å². The Hall–Kier alpha value is -2.16. The van der Waals surface area contributed by atoms with Crippen LogP contribution in [0.4, 0.5) is 0 Å². The smallest absolute Gasteiger partial charge is 0.113 e. The minimum atomic E-state index is 0.746. The number of hydrogen-bond acceptors (Lipinski definition) is 2. The molecule has 2 heterocycles. The van der Waals surface area contributed by atoms with Gasteiger partial charge in [-0.05, 0) is 24.3 Å². The molecular weight excluding hydrogens is 198 g/mol. The first kappa shape index (κ1) is 9.09. The number of imidazole rings is 1. The highest BCUT2D eigenvalue weighted by Gasteiger charge is 2.02. The zero-order chi connectivity index (χ0) is 10.8. The second-order valence-electron chi connectivity index (χ2n) is 3.70. The lowest BCUT2D eigenvalue weighted by Crippen LogP contribution is -1.92. The monoisotopic (exact) mass is 209 g/mol. The van der Waals surface area contributed by atoms with Crippen molar-refractivity contribution in [3.8, 4) is 0 Å². The molecule has 16 heavy (non-hydrogen) atoms. The molecule has 0 unspecified atom stereocenters. The highest BCUT2D eigenvalue weighted by Crippen LogP contribution is 2.12. The van der Waals surface area contributed by atoms with Crippen molar-refractivity contribution in [1.29, 1.82) is 0 Å². The van der Waals surface area contributed by atoms with Gasteiger partial charge in [-0.3, -0.25) is 4.98 Å². The fourth-order valence-corrected chi connectivity index (χ4v) is 1.76. The molecule has 3 aromatic rings. The van der Waals surface area contributed by atoms with Crippen molar-refractivity contribution in [3.05, 3.63) is 60.2 Å². The normalized spacial score (nSPS) is 10.8. The summed E-state index contributed by atoms with van der Waals surface area (Å²) < 4.78 is 0. The van der Waals surface area contributed by atoms with Crippen LogP contribution in [-0.2, 0) is 6.42 Å². The first-order valence-corrected chi connectivity index (χ1v) is 5.25. The Kier molecular flexibility index (Phi) is 2.14. The summed E-state index contributed by atoms with van der Waals surface area (Å²) >= 11 is 0. The molecule has 0 spiro atoms. The van der Waals surface area contributed by atoms with Gasteiger partial charge in [-0.1, -0.05) is 18.2 Å². The van der Waals surface area contributed by atoms with Crippen LogP contribution in [0, 0.1) is 0 Å². The van der Waals surface area contributed by atoms with Gasteiger partial charge in [-0.15, -0.1) is 0 Å². The van der Waals surface area contributed by atoms with Gasteiger partial charge in [0.15, 0.2) is 0 Å². The van der Waals surface area contributed by atoms with E-state index in [1.54, 1.807) is 6.20 Å². The number of nitrogens with one attached hydrogen (secondary N) is 1. The number of H-pyrrole nitrogens is 1.